The van der Waals surface area contributed by atoms with Gasteiger partial charge in [-0.1, -0.05) is 171 Å². The van der Waals surface area contributed by atoms with Gasteiger partial charge in [-0.25, -0.2) is 4.57 Å². The zero-order valence-electron chi connectivity index (χ0n) is 35.1. The second-order valence-electron chi connectivity index (χ2n) is 14.4. The van der Waals surface area contributed by atoms with Crippen LogP contribution in [0.2, 0.25) is 0 Å². The Kier molecular flexibility index (Phi) is 39.2. The Labute approximate surface area is 340 Å². The maximum atomic E-state index is 12.6. The topological polar surface area (TPSA) is 149 Å². The van der Waals surface area contributed by atoms with Crippen molar-refractivity contribution in [3.05, 3.63) is 60.8 Å². The van der Waals surface area contributed by atoms with Crippen LogP contribution in [-0.2, 0) is 32.7 Å². The minimum absolute atomic E-state index is 0.0601. The molecule has 1 unspecified atom stereocenters. The predicted octanol–water partition coefficient (Wildman–Crippen LogP) is 11.5. The van der Waals surface area contributed by atoms with Crippen LogP contribution in [0.1, 0.15) is 174 Å². The van der Waals surface area contributed by atoms with E-state index in [1.54, 1.807) is 0 Å². The summed E-state index contributed by atoms with van der Waals surface area (Å²) in [5.41, 5.74) is 0. The van der Waals surface area contributed by atoms with Crippen molar-refractivity contribution < 1.29 is 47.8 Å². The van der Waals surface area contributed by atoms with Gasteiger partial charge in [0.05, 0.1) is 19.8 Å². The summed E-state index contributed by atoms with van der Waals surface area (Å²) in [5, 5.41) is 18.3. The van der Waals surface area contributed by atoms with E-state index in [0.717, 1.165) is 44.9 Å². The van der Waals surface area contributed by atoms with Gasteiger partial charge in [0.15, 0.2) is 6.10 Å². The molecular weight excluding hydrogens is 731 g/mol. The van der Waals surface area contributed by atoms with Gasteiger partial charge >= 0.3 is 19.8 Å². The number of hydrogen-bond donors (Lipinski definition) is 3. The maximum Gasteiger partial charge on any atom is 0.472 e. The number of esters is 2. The van der Waals surface area contributed by atoms with Crippen molar-refractivity contribution in [1.82, 2.24) is 0 Å². The van der Waals surface area contributed by atoms with Crippen LogP contribution < -0.4 is 0 Å². The number of ether oxygens (including phenoxy) is 2. The summed E-state index contributed by atoms with van der Waals surface area (Å²) in [7, 11) is -4.64. The van der Waals surface area contributed by atoms with Gasteiger partial charge in [0, 0.05) is 12.8 Å². The highest BCUT2D eigenvalue weighted by Crippen LogP contribution is 2.43. The van der Waals surface area contributed by atoms with E-state index < -0.39 is 51.8 Å². The highest BCUT2D eigenvalue weighted by Gasteiger charge is 2.27. The van der Waals surface area contributed by atoms with Crippen LogP contribution in [0.15, 0.2) is 60.8 Å². The smallest absolute Gasteiger partial charge is 0.462 e. The second kappa shape index (κ2) is 40.9. The third-order valence-corrected chi connectivity index (χ3v) is 9.89. The number of allylic oxidation sites excluding steroid dienone is 10. The quantitative estimate of drug-likeness (QED) is 0.0236. The van der Waals surface area contributed by atoms with E-state index in [9.17, 15) is 24.2 Å². The number of phosphoric acid groups is 1. The molecule has 0 aromatic rings. The van der Waals surface area contributed by atoms with Crippen molar-refractivity contribution in [2.24, 2.45) is 0 Å². The summed E-state index contributed by atoms with van der Waals surface area (Å²) in [6.45, 7) is 2.27. The lowest BCUT2D eigenvalue weighted by Crippen LogP contribution is -2.29. The predicted molar refractivity (Wildman–Crippen MR) is 228 cm³/mol. The monoisotopic (exact) mass is 811 g/mol. The van der Waals surface area contributed by atoms with Crippen molar-refractivity contribution in [2.45, 2.75) is 187 Å². The van der Waals surface area contributed by atoms with Gasteiger partial charge < -0.3 is 24.6 Å². The molecule has 0 aromatic heterocycles. The summed E-state index contributed by atoms with van der Waals surface area (Å²) in [4.78, 5) is 34.9. The molecule has 0 saturated carbocycles. The zero-order valence-corrected chi connectivity index (χ0v) is 36.0. The molecular formula is C45H79O10P. The van der Waals surface area contributed by atoms with Gasteiger partial charge in [-0.15, -0.1) is 0 Å². The first-order chi connectivity index (χ1) is 27.2. The average Bonchev–Trinajstić information content (AvgIpc) is 3.19. The summed E-state index contributed by atoms with van der Waals surface area (Å²) < 4.78 is 32.6. The molecule has 0 rings (SSSR count). The highest BCUT2D eigenvalue weighted by molar-refractivity contribution is 7.47. The molecule has 0 bridgehead atoms. The van der Waals surface area contributed by atoms with Gasteiger partial charge in [-0.2, -0.15) is 0 Å². The lowest BCUT2D eigenvalue weighted by Gasteiger charge is -2.20. The minimum atomic E-state index is -4.64. The molecule has 0 aromatic carbocycles. The Morgan fingerprint density at radius 1 is 0.536 bits per heavy atom. The first kappa shape index (κ1) is 53.7. The fourth-order valence-corrected chi connectivity index (χ4v) is 6.35. The molecule has 10 nitrogen and oxygen atoms in total. The molecule has 0 aliphatic carbocycles. The molecule has 3 atom stereocenters. The number of aliphatic hydroxyl groups excluding tert-OH is 2. The number of carbonyl (C=O) groups is 2. The summed E-state index contributed by atoms with van der Waals surface area (Å²) >= 11 is 0. The average molecular weight is 811 g/mol. The van der Waals surface area contributed by atoms with Gasteiger partial charge in [0.1, 0.15) is 12.7 Å². The van der Waals surface area contributed by atoms with Crippen molar-refractivity contribution in [3.8, 4) is 0 Å². The fraction of sp³-hybridized carbons (Fsp3) is 0.733. The summed E-state index contributed by atoms with van der Waals surface area (Å²) in [6.07, 6.45) is 44.8. The molecule has 56 heavy (non-hydrogen) atoms. The molecule has 3 N–H and O–H groups in total. The van der Waals surface area contributed by atoms with E-state index in [0.29, 0.717) is 12.8 Å². The van der Waals surface area contributed by atoms with Crippen LogP contribution in [0.4, 0.5) is 0 Å². The van der Waals surface area contributed by atoms with Crippen LogP contribution in [-0.4, -0.2) is 65.7 Å². The first-order valence-electron chi connectivity index (χ1n) is 21.7. The van der Waals surface area contributed by atoms with Gasteiger partial charge in [-0.3, -0.25) is 18.6 Å². The van der Waals surface area contributed by atoms with Gasteiger partial charge in [0.2, 0.25) is 0 Å². The van der Waals surface area contributed by atoms with Crippen LogP contribution in [0, 0.1) is 0 Å². The number of aliphatic hydroxyl groups is 2. The van der Waals surface area contributed by atoms with E-state index in [1.807, 2.05) is 12.2 Å². The van der Waals surface area contributed by atoms with E-state index >= 15 is 0 Å². The van der Waals surface area contributed by atoms with Crippen molar-refractivity contribution >= 4 is 19.8 Å². The number of rotatable bonds is 40. The molecule has 0 heterocycles. The second-order valence-corrected chi connectivity index (χ2v) is 15.8. The Bertz CT molecular complexity index is 1120. The first-order valence-corrected chi connectivity index (χ1v) is 23.2. The lowest BCUT2D eigenvalue weighted by atomic mass is 10.0. The van der Waals surface area contributed by atoms with Gasteiger partial charge in [0.25, 0.3) is 0 Å². The van der Waals surface area contributed by atoms with E-state index in [4.69, 9.17) is 19.1 Å². The zero-order chi connectivity index (χ0) is 41.2. The maximum absolute atomic E-state index is 12.6. The third-order valence-electron chi connectivity index (χ3n) is 8.94. The number of unbranched alkanes of at least 4 members (excludes halogenated alkanes) is 16. The lowest BCUT2D eigenvalue weighted by molar-refractivity contribution is -0.161. The van der Waals surface area contributed by atoms with Crippen molar-refractivity contribution in [3.63, 3.8) is 0 Å². The largest absolute Gasteiger partial charge is 0.472 e. The Hall–Kier alpha value is -2.33. The summed E-state index contributed by atoms with van der Waals surface area (Å²) in [6, 6.07) is 0. The molecule has 0 aliphatic rings. The molecule has 0 fully saturated rings. The Balaban J connectivity index is 4.43. The van der Waals surface area contributed by atoms with E-state index in [1.165, 1.54) is 89.9 Å². The number of phosphoric ester groups is 1. The molecule has 0 amide bonds. The molecule has 11 heteroatoms. The fourth-order valence-electron chi connectivity index (χ4n) is 5.56. The van der Waals surface area contributed by atoms with Crippen LogP contribution >= 0.6 is 7.82 Å². The normalized spacial score (nSPS) is 14.4. The van der Waals surface area contributed by atoms with Crippen LogP contribution in [0.3, 0.4) is 0 Å². The standard InChI is InChI=1S/C45H79O10P/c1-3-5-7-9-11-13-15-17-19-20-21-22-23-25-27-29-31-33-35-37-45(49)55-43(41-54-56(50,51)53-39-42(47)38-46)40-52-44(48)36-34-32-30-28-26-24-18-16-14-12-10-8-6-4-2/h11,13,17,19,21-22,25,27,31,33,42-43,46-47H,3-10,12,14-16,18,20,23-24,26,28-30,32,34-41H2,1-2H3,(H,50,51)/b13-11+,19-17+,22-21+,27-25+,33-31+/t42-,43+/m0/s1. The third kappa shape index (κ3) is 39.9. The number of carbonyl (C=O) groups excluding carboxylic acids is 2. The number of hydrogen-bond acceptors (Lipinski definition) is 9. The van der Waals surface area contributed by atoms with Crippen LogP contribution in [0.25, 0.3) is 0 Å². The van der Waals surface area contributed by atoms with Crippen molar-refractivity contribution in [2.75, 3.05) is 26.4 Å². The SMILES string of the molecule is CCCCC/C=C/C/C=C/C/C=C/C/C=C/C/C=C/CCC(=O)O[C@H](COC(=O)CCCCCCCCCCCCCCCC)COP(=O)(O)OC[C@@H](O)CO. The molecule has 0 spiro atoms. The molecule has 0 saturated heterocycles. The Morgan fingerprint density at radius 3 is 1.46 bits per heavy atom. The minimum Gasteiger partial charge on any atom is -0.462 e. The molecule has 0 radical (unpaired) electrons. The summed E-state index contributed by atoms with van der Waals surface area (Å²) in [5.74, 6) is -1.02. The van der Waals surface area contributed by atoms with Gasteiger partial charge in [-0.05, 0) is 51.4 Å². The molecule has 324 valence electrons. The van der Waals surface area contributed by atoms with Crippen LogP contribution in [0.5, 0.6) is 0 Å². The Morgan fingerprint density at radius 2 is 0.964 bits per heavy atom. The molecule has 0 aliphatic heterocycles. The van der Waals surface area contributed by atoms with E-state index in [2.05, 4.69) is 67.0 Å². The van der Waals surface area contributed by atoms with Crippen molar-refractivity contribution in [1.29, 1.82) is 0 Å². The van der Waals surface area contributed by atoms with E-state index in [-0.39, 0.29) is 19.4 Å². The highest BCUT2D eigenvalue weighted by atomic mass is 31.2.